The molecule has 20 heavy (non-hydrogen) atoms. The topological polar surface area (TPSA) is 98.2 Å². The van der Waals surface area contributed by atoms with E-state index in [0.717, 1.165) is 44.8 Å². The zero-order valence-corrected chi connectivity index (χ0v) is 11.4. The van der Waals surface area contributed by atoms with E-state index in [0.29, 0.717) is 5.69 Å². The molecule has 110 valence electrons. The van der Waals surface area contributed by atoms with Gasteiger partial charge in [0.25, 0.3) is 0 Å². The molecule has 0 aliphatic carbocycles. The summed E-state index contributed by atoms with van der Waals surface area (Å²) in [5, 5.41) is 20.5. The van der Waals surface area contributed by atoms with Gasteiger partial charge < -0.3 is 20.9 Å². The van der Waals surface area contributed by atoms with Crippen molar-refractivity contribution in [3.8, 4) is 0 Å². The van der Waals surface area contributed by atoms with Gasteiger partial charge in [0.1, 0.15) is 5.69 Å². The predicted molar refractivity (Wildman–Crippen MR) is 77.1 cm³/mol. The van der Waals surface area contributed by atoms with E-state index < -0.39 is 0 Å². The number of β-amino-alcohol motifs (C(OH)–C–C–N with tert-alkyl or cyclic N) is 1. The highest BCUT2D eigenvalue weighted by Crippen LogP contribution is 2.15. The molecule has 0 saturated carbocycles. The van der Waals surface area contributed by atoms with Gasteiger partial charge in [-0.1, -0.05) is 5.16 Å². The van der Waals surface area contributed by atoms with E-state index in [4.69, 9.17) is 16.0 Å². The summed E-state index contributed by atoms with van der Waals surface area (Å²) in [5.41, 5.74) is 6.99. The van der Waals surface area contributed by atoms with E-state index in [2.05, 4.69) is 19.9 Å². The number of hydrogen-bond donors (Lipinski definition) is 3. The summed E-state index contributed by atoms with van der Waals surface area (Å²) >= 11 is 0. The number of rotatable bonds is 4. The van der Waals surface area contributed by atoms with Gasteiger partial charge in [0, 0.05) is 26.2 Å². The normalized spacial score (nSPS) is 18.1. The minimum absolute atomic E-state index is 0.0153. The number of nitrogens with two attached hydrogens (primary N) is 1. The Balaban J connectivity index is 2.01. The maximum atomic E-state index is 8.99. The molecule has 0 bridgehead atoms. The van der Waals surface area contributed by atoms with E-state index in [9.17, 15) is 0 Å². The number of oxime groups is 1. The van der Waals surface area contributed by atoms with Gasteiger partial charge in [-0.3, -0.25) is 9.88 Å². The molecule has 1 fully saturated rings. The van der Waals surface area contributed by atoms with Crippen LogP contribution in [0.15, 0.2) is 23.5 Å². The van der Waals surface area contributed by atoms with Crippen molar-refractivity contribution in [2.75, 3.05) is 44.2 Å². The molecule has 0 atom stereocenters. The molecule has 0 aromatic carbocycles. The molecule has 7 heteroatoms. The van der Waals surface area contributed by atoms with Crippen LogP contribution in [0, 0.1) is 0 Å². The quantitative estimate of drug-likeness (QED) is 0.302. The number of aliphatic hydroxyl groups excluding tert-OH is 1. The molecule has 4 N–H and O–H groups in total. The van der Waals surface area contributed by atoms with E-state index >= 15 is 0 Å². The molecule has 1 saturated heterocycles. The van der Waals surface area contributed by atoms with Gasteiger partial charge >= 0.3 is 0 Å². The molecule has 0 unspecified atom stereocenters. The van der Waals surface area contributed by atoms with E-state index in [-0.39, 0.29) is 12.4 Å². The van der Waals surface area contributed by atoms with Gasteiger partial charge in [-0.2, -0.15) is 0 Å². The number of aliphatic hydroxyl groups is 1. The van der Waals surface area contributed by atoms with Crippen LogP contribution in [0.1, 0.15) is 12.1 Å². The average molecular weight is 279 g/mol. The zero-order chi connectivity index (χ0) is 14.4. The molecular formula is C13H21N5O2. The second kappa shape index (κ2) is 7.06. The van der Waals surface area contributed by atoms with Gasteiger partial charge in [0.05, 0.1) is 18.5 Å². The Bertz CT molecular complexity index is 449. The van der Waals surface area contributed by atoms with Crippen LogP contribution in [-0.4, -0.2) is 65.4 Å². The lowest BCUT2D eigenvalue weighted by Crippen LogP contribution is -2.32. The van der Waals surface area contributed by atoms with Gasteiger partial charge in [0.15, 0.2) is 5.84 Å². The molecule has 0 spiro atoms. The Morgan fingerprint density at radius 2 is 2.15 bits per heavy atom. The summed E-state index contributed by atoms with van der Waals surface area (Å²) in [5.74, 6) is 0.0153. The zero-order valence-electron chi connectivity index (χ0n) is 11.4. The summed E-state index contributed by atoms with van der Waals surface area (Å²) in [6, 6.07) is 3.68. The fraction of sp³-hybridized carbons (Fsp3) is 0.538. The molecule has 2 heterocycles. The maximum absolute atomic E-state index is 8.99. The van der Waals surface area contributed by atoms with E-state index in [1.807, 2.05) is 6.07 Å². The van der Waals surface area contributed by atoms with E-state index in [1.165, 1.54) is 0 Å². The number of pyridine rings is 1. The third-order valence-electron chi connectivity index (χ3n) is 3.49. The number of nitrogens with zero attached hydrogens (tertiary/aromatic N) is 4. The Kier molecular flexibility index (Phi) is 5.14. The second-order valence-electron chi connectivity index (χ2n) is 4.79. The van der Waals surface area contributed by atoms with Crippen LogP contribution in [0.25, 0.3) is 0 Å². The van der Waals surface area contributed by atoms with Crippen LogP contribution in [0.4, 0.5) is 5.69 Å². The largest absolute Gasteiger partial charge is 0.409 e. The Hall–Kier alpha value is -1.86. The lowest BCUT2D eigenvalue weighted by molar-refractivity contribution is 0.204. The minimum Gasteiger partial charge on any atom is -0.409 e. The first-order valence-electron chi connectivity index (χ1n) is 6.76. The predicted octanol–water partition coefficient (Wildman–Crippen LogP) is -0.320. The van der Waals surface area contributed by atoms with Gasteiger partial charge in [-0.25, -0.2) is 0 Å². The van der Waals surface area contributed by atoms with Gasteiger partial charge in [0.2, 0.25) is 0 Å². The van der Waals surface area contributed by atoms with Crippen LogP contribution in [0.2, 0.25) is 0 Å². The Labute approximate surface area is 118 Å². The van der Waals surface area contributed by atoms with Crippen LogP contribution < -0.4 is 10.6 Å². The minimum atomic E-state index is 0.0153. The number of aromatic nitrogens is 1. The first-order valence-corrected chi connectivity index (χ1v) is 6.76. The number of anilines is 1. The average Bonchev–Trinajstić information content (AvgIpc) is 2.73. The summed E-state index contributed by atoms with van der Waals surface area (Å²) in [6.45, 7) is 4.75. The van der Waals surface area contributed by atoms with Crippen LogP contribution in [0.3, 0.4) is 0 Å². The van der Waals surface area contributed by atoms with Crippen molar-refractivity contribution in [1.82, 2.24) is 9.88 Å². The fourth-order valence-electron chi connectivity index (χ4n) is 2.37. The lowest BCUT2D eigenvalue weighted by atomic mass is 10.3. The Morgan fingerprint density at radius 3 is 2.80 bits per heavy atom. The standard InChI is InChI=1S/C13H21N5O2/c14-13(16-20)12-3-2-11(10-15-12)18-5-1-4-17(6-7-18)8-9-19/h2-3,10,19-20H,1,4-9H2,(H2,14,16). The van der Waals surface area contributed by atoms with Crippen molar-refractivity contribution >= 4 is 11.5 Å². The molecule has 1 aromatic rings. The van der Waals surface area contributed by atoms with Gasteiger partial charge in [-0.15, -0.1) is 0 Å². The monoisotopic (exact) mass is 279 g/mol. The molecule has 1 aliphatic rings. The third kappa shape index (κ3) is 3.58. The highest BCUT2D eigenvalue weighted by Gasteiger charge is 2.15. The van der Waals surface area contributed by atoms with Crippen molar-refractivity contribution in [3.63, 3.8) is 0 Å². The summed E-state index contributed by atoms with van der Waals surface area (Å²) in [4.78, 5) is 8.73. The first-order chi connectivity index (χ1) is 9.74. The Morgan fingerprint density at radius 1 is 1.30 bits per heavy atom. The van der Waals surface area contributed by atoms with Crippen LogP contribution in [-0.2, 0) is 0 Å². The van der Waals surface area contributed by atoms with E-state index in [1.54, 1.807) is 12.3 Å². The van der Waals surface area contributed by atoms with Gasteiger partial charge in [-0.05, 0) is 25.1 Å². The molecule has 0 radical (unpaired) electrons. The summed E-state index contributed by atoms with van der Waals surface area (Å²) in [7, 11) is 0. The SMILES string of the molecule is N/C(=N/O)c1ccc(N2CCCN(CCO)CC2)cn1. The maximum Gasteiger partial charge on any atom is 0.188 e. The van der Waals surface area contributed by atoms with Crippen molar-refractivity contribution < 1.29 is 10.3 Å². The first kappa shape index (κ1) is 14.5. The van der Waals surface area contributed by atoms with Crippen LogP contribution in [0.5, 0.6) is 0 Å². The van der Waals surface area contributed by atoms with Crippen molar-refractivity contribution in [3.05, 3.63) is 24.0 Å². The summed E-state index contributed by atoms with van der Waals surface area (Å²) < 4.78 is 0. The second-order valence-corrected chi connectivity index (χ2v) is 4.79. The number of hydrogen-bond acceptors (Lipinski definition) is 6. The third-order valence-corrected chi connectivity index (χ3v) is 3.49. The molecule has 0 amide bonds. The van der Waals surface area contributed by atoms with Crippen molar-refractivity contribution in [2.45, 2.75) is 6.42 Å². The van der Waals surface area contributed by atoms with Crippen molar-refractivity contribution in [2.24, 2.45) is 10.9 Å². The smallest absolute Gasteiger partial charge is 0.188 e. The molecule has 7 nitrogen and oxygen atoms in total. The molecule has 2 rings (SSSR count). The summed E-state index contributed by atoms with van der Waals surface area (Å²) in [6.07, 6.45) is 2.80. The fourth-order valence-corrected chi connectivity index (χ4v) is 2.37. The highest BCUT2D eigenvalue weighted by atomic mass is 16.4. The highest BCUT2D eigenvalue weighted by molar-refractivity contribution is 5.95. The molecule has 1 aromatic heterocycles. The number of amidine groups is 1. The molecular weight excluding hydrogens is 258 g/mol. The molecule has 1 aliphatic heterocycles. The lowest BCUT2D eigenvalue weighted by Gasteiger charge is -2.23. The van der Waals surface area contributed by atoms with Crippen molar-refractivity contribution in [1.29, 1.82) is 0 Å². The van der Waals surface area contributed by atoms with Crippen LogP contribution >= 0.6 is 0 Å².